The van der Waals surface area contributed by atoms with Crippen LogP contribution in [0.5, 0.6) is 5.88 Å². The van der Waals surface area contributed by atoms with Crippen LogP contribution in [0.15, 0.2) is 28.2 Å². The predicted octanol–water partition coefficient (Wildman–Crippen LogP) is 2.62. The van der Waals surface area contributed by atoms with Gasteiger partial charge in [-0.05, 0) is 17.5 Å². The summed E-state index contributed by atoms with van der Waals surface area (Å²) in [6.07, 6.45) is 1.65. The number of carbonyl (C=O) groups is 1. The van der Waals surface area contributed by atoms with Gasteiger partial charge in [-0.2, -0.15) is 4.98 Å². The molecule has 0 aliphatic carbocycles. The zero-order valence-corrected chi connectivity index (χ0v) is 13.8. The molecule has 1 aliphatic heterocycles. The quantitative estimate of drug-likeness (QED) is 0.635. The van der Waals surface area contributed by atoms with Crippen LogP contribution in [0.2, 0.25) is 0 Å². The average Bonchev–Trinajstić information content (AvgIpc) is 3.19. The Bertz CT molecular complexity index is 760. The van der Waals surface area contributed by atoms with Crippen molar-refractivity contribution in [2.45, 2.75) is 0 Å². The SMILES string of the molecule is COc1nc(N(C)C)sc1C=C1N=C(c2cccs2)OC1=O. The van der Waals surface area contributed by atoms with E-state index in [-0.39, 0.29) is 5.70 Å². The second-order valence-corrected chi connectivity index (χ2v) is 6.53. The lowest BCUT2D eigenvalue weighted by atomic mass is 10.3. The van der Waals surface area contributed by atoms with E-state index in [0.29, 0.717) is 11.8 Å². The molecule has 8 heteroatoms. The summed E-state index contributed by atoms with van der Waals surface area (Å²) in [5, 5.41) is 2.70. The van der Waals surface area contributed by atoms with Crippen molar-refractivity contribution in [3.8, 4) is 5.88 Å². The molecule has 0 aromatic carbocycles. The maximum absolute atomic E-state index is 12.0. The normalized spacial score (nSPS) is 15.9. The van der Waals surface area contributed by atoms with E-state index in [1.54, 1.807) is 13.2 Å². The standard InChI is InChI=1S/C14H13N3O3S2/c1-17(2)14-16-11(19-3)10(22-14)7-8-13(18)20-12(15-8)9-5-4-6-21-9/h4-7H,1-3H3. The van der Waals surface area contributed by atoms with Gasteiger partial charge in [-0.3, -0.25) is 0 Å². The molecule has 0 N–H and O–H groups in total. The molecule has 3 rings (SSSR count). The molecular weight excluding hydrogens is 322 g/mol. The van der Waals surface area contributed by atoms with Crippen LogP contribution in [-0.2, 0) is 9.53 Å². The van der Waals surface area contributed by atoms with Gasteiger partial charge in [0.15, 0.2) is 10.8 Å². The van der Waals surface area contributed by atoms with Crippen LogP contribution in [0, 0.1) is 0 Å². The summed E-state index contributed by atoms with van der Waals surface area (Å²) >= 11 is 2.89. The smallest absolute Gasteiger partial charge is 0.363 e. The second kappa shape index (κ2) is 5.90. The third kappa shape index (κ3) is 2.75. The highest BCUT2D eigenvalue weighted by Gasteiger charge is 2.26. The first-order valence-corrected chi connectivity index (χ1v) is 8.06. The number of ether oxygens (including phenoxy) is 2. The Morgan fingerprint density at radius 2 is 2.23 bits per heavy atom. The van der Waals surface area contributed by atoms with Crippen LogP contribution in [0.4, 0.5) is 5.13 Å². The molecule has 114 valence electrons. The highest BCUT2D eigenvalue weighted by molar-refractivity contribution is 7.16. The van der Waals surface area contributed by atoms with Crippen LogP contribution in [0.3, 0.4) is 0 Å². The number of hydrogen-bond donors (Lipinski definition) is 0. The third-order valence-corrected chi connectivity index (χ3v) is 4.81. The van der Waals surface area contributed by atoms with E-state index in [4.69, 9.17) is 9.47 Å². The van der Waals surface area contributed by atoms with Gasteiger partial charge >= 0.3 is 5.97 Å². The number of methoxy groups -OCH3 is 1. The van der Waals surface area contributed by atoms with Gasteiger partial charge in [0.1, 0.15) is 0 Å². The first kappa shape index (κ1) is 14.7. The molecule has 0 saturated carbocycles. The summed E-state index contributed by atoms with van der Waals surface area (Å²) in [4.78, 5) is 24.0. The minimum atomic E-state index is -0.467. The Morgan fingerprint density at radius 3 is 2.86 bits per heavy atom. The highest BCUT2D eigenvalue weighted by Crippen LogP contribution is 2.33. The Morgan fingerprint density at radius 1 is 1.41 bits per heavy atom. The Kier molecular flexibility index (Phi) is 3.95. The van der Waals surface area contributed by atoms with Gasteiger partial charge in [-0.1, -0.05) is 17.4 Å². The lowest BCUT2D eigenvalue weighted by molar-refractivity contribution is -0.129. The summed E-state index contributed by atoms with van der Waals surface area (Å²) in [6, 6.07) is 3.74. The summed E-state index contributed by atoms with van der Waals surface area (Å²) in [5.41, 5.74) is 0.246. The molecule has 2 aromatic rings. The van der Waals surface area contributed by atoms with Gasteiger partial charge in [-0.25, -0.2) is 9.79 Å². The molecule has 0 fully saturated rings. The maximum Gasteiger partial charge on any atom is 0.363 e. The lowest BCUT2D eigenvalue weighted by Crippen LogP contribution is -2.07. The van der Waals surface area contributed by atoms with Crippen molar-refractivity contribution in [3.63, 3.8) is 0 Å². The monoisotopic (exact) mass is 335 g/mol. The number of rotatable bonds is 4. The largest absolute Gasteiger partial charge is 0.480 e. The molecule has 3 heterocycles. The zero-order valence-electron chi connectivity index (χ0n) is 12.2. The molecular formula is C14H13N3O3S2. The molecule has 22 heavy (non-hydrogen) atoms. The van der Waals surface area contributed by atoms with E-state index < -0.39 is 5.97 Å². The zero-order chi connectivity index (χ0) is 15.7. The number of aliphatic imine (C=N–C) groups is 1. The van der Waals surface area contributed by atoms with Crippen LogP contribution in [0.1, 0.15) is 9.75 Å². The van der Waals surface area contributed by atoms with Crippen LogP contribution in [0.25, 0.3) is 6.08 Å². The molecule has 2 aromatic heterocycles. The number of thiophene rings is 1. The fourth-order valence-corrected chi connectivity index (χ4v) is 3.32. The van der Waals surface area contributed by atoms with Crippen LogP contribution >= 0.6 is 22.7 Å². The average molecular weight is 335 g/mol. The number of nitrogens with zero attached hydrogens (tertiary/aromatic N) is 3. The highest BCUT2D eigenvalue weighted by atomic mass is 32.1. The van der Waals surface area contributed by atoms with Crippen molar-refractivity contribution < 1.29 is 14.3 Å². The molecule has 0 saturated heterocycles. The molecule has 1 aliphatic rings. The number of thiazole rings is 1. The molecule has 0 radical (unpaired) electrons. The van der Waals surface area contributed by atoms with E-state index in [2.05, 4.69) is 9.98 Å². The molecule has 0 atom stereocenters. The predicted molar refractivity (Wildman–Crippen MR) is 87.9 cm³/mol. The Balaban J connectivity index is 1.96. The van der Waals surface area contributed by atoms with Crippen LogP contribution < -0.4 is 9.64 Å². The van der Waals surface area contributed by atoms with Crippen molar-refractivity contribution in [1.82, 2.24) is 4.98 Å². The number of carbonyl (C=O) groups excluding carboxylic acids is 1. The lowest BCUT2D eigenvalue weighted by Gasteiger charge is -2.04. The van der Waals surface area contributed by atoms with E-state index in [9.17, 15) is 4.79 Å². The summed E-state index contributed by atoms with van der Waals surface area (Å²) in [6.45, 7) is 0. The fraction of sp³-hybridized carbons (Fsp3) is 0.214. The number of esters is 1. The van der Waals surface area contributed by atoms with Gasteiger partial charge in [0.25, 0.3) is 0 Å². The Hall–Kier alpha value is -2.19. The van der Waals surface area contributed by atoms with Gasteiger partial charge in [-0.15, -0.1) is 11.3 Å². The number of cyclic esters (lactones) is 1. The topological polar surface area (TPSA) is 64.0 Å². The van der Waals surface area contributed by atoms with Gasteiger partial charge in [0, 0.05) is 14.1 Å². The van der Waals surface area contributed by atoms with E-state index in [1.807, 2.05) is 36.5 Å². The fourth-order valence-electron chi connectivity index (χ4n) is 1.77. The van der Waals surface area contributed by atoms with Gasteiger partial charge in [0.05, 0.1) is 16.9 Å². The number of hydrogen-bond acceptors (Lipinski definition) is 8. The minimum absolute atomic E-state index is 0.246. The van der Waals surface area contributed by atoms with Crippen molar-refractivity contribution in [2.24, 2.45) is 4.99 Å². The van der Waals surface area contributed by atoms with Crippen molar-refractivity contribution in [3.05, 3.63) is 33.0 Å². The van der Waals surface area contributed by atoms with Crippen LogP contribution in [-0.4, -0.2) is 38.1 Å². The molecule has 0 amide bonds. The third-order valence-electron chi connectivity index (χ3n) is 2.81. The van der Waals surface area contributed by atoms with Crippen molar-refractivity contribution in [1.29, 1.82) is 0 Å². The molecule has 0 spiro atoms. The molecule has 0 bridgehead atoms. The summed E-state index contributed by atoms with van der Waals surface area (Å²) in [7, 11) is 5.34. The van der Waals surface area contributed by atoms with Gasteiger partial charge in [0.2, 0.25) is 11.8 Å². The molecule has 0 unspecified atom stereocenters. The number of aromatic nitrogens is 1. The number of anilines is 1. The minimum Gasteiger partial charge on any atom is -0.480 e. The summed E-state index contributed by atoms with van der Waals surface area (Å²) < 4.78 is 10.5. The van der Waals surface area contributed by atoms with E-state index in [0.717, 1.165) is 14.9 Å². The molecule has 6 nitrogen and oxygen atoms in total. The van der Waals surface area contributed by atoms with Crippen molar-refractivity contribution in [2.75, 3.05) is 26.1 Å². The van der Waals surface area contributed by atoms with Gasteiger partial charge < -0.3 is 14.4 Å². The first-order chi connectivity index (χ1) is 10.6. The summed E-state index contributed by atoms with van der Waals surface area (Å²) in [5.74, 6) is 0.335. The van der Waals surface area contributed by atoms with Crippen molar-refractivity contribution >= 4 is 45.7 Å². The first-order valence-electron chi connectivity index (χ1n) is 6.37. The van der Waals surface area contributed by atoms with E-state index >= 15 is 0 Å². The maximum atomic E-state index is 12.0. The van der Waals surface area contributed by atoms with E-state index in [1.165, 1.54) is 22.7 Å². The Labute approximate surface area is 135 Å². The second-order valence-electron chi connectivity index (χ2n) is 4.58.